The molecule has 0 aliphatic carbocycles. The fourth-order valence-corrected chi connectivity index (χ4v) is 3.83. The third kappa shape index (κ3) is 7.04. The SMILES string of the molecule is CC(=O)Nc1ccc(C(=O)COC(=O)CNS(=O)(=O)c2cc(C(F)(F)F)ccc2Cl)cc1. The second-order valence-corrected chi connectivity index (χ2v) is 8.45. The summed E-state index contributed by atoms with van der Waals surface area (Å²) in [6.07, 6.45) is -4.80. The van der Waals surface area contributed by atoms with Crippen molar-refractivity contribution in [3.8, 4) is 0 Å². The van der Waals surface area contributed by atoms with E-state index >= 15 is 0 Å². The molecule has 1 amide bonds. The number of Topliss-reactive ketones (excluding diaryl/α,β-unsaturated/α-hetero) is 1. The van der Waals surface area contributed by atoms with Crippen molar-refractivity contribution in [1.82, 2.24) is 4.72 Å². The second-order valence-electron chi connectivity index (χ2n) is 6.31. The third-order valence-electron chi connectivity index (χ3n) is 3.85. The molecule has 0 aliphatic heterocycles. The molecule has 8 nitrogen and oxygen atoms in total. The van der Waals surface area contributed by atoms with Gasteiger partial charge >= 0.3 is 12.1 Å². The van der Waals surface area contributed by atoms with Gasteiger partial charge in [-0.1, -0.05) is 11.6 Å². The lowest BCUT2D eigenvalue weighted by atomic mass is 10.1. The quantitative estimate of drug-likeness (QED) is 0.432. The molecule has 0 aromatic heterocycles. The monoisotopic (exact) mass is 492 g/mol. The molecule has 0 heterocycles. The highest BCUT2D eigenvalue weighted by molar-refractivity contribution is 7.89. The molecule has 0 spiro atoms. The molecule has 2 aromatic rings. The number of benzene rings is 2. The Hall–Kier alpha value is -2.96. The molecule has 2 aromatic carbocycles. The lowest BCUT2D eigenvalue weighted by Gasteiger charge is -2.12. The van der Waals surface area contributed by atoms with Crippen LogP contribution in [0.5, 0.6) is 0 Å². The Morgan fingerprint density at radius 3 is 2.25 bits per heavy atom. The minimum Gasteiger partial charge on any atom is -0.456 e. The molecule has 2 N–H and O–H groups in total. The zero-order valence-corrected chi connectivity index (χ0v) is 17.9. The van der Waals surface area contributed by atoms with Crippen LogP contribution in [-0.4, -0.2) is 39.2 Å². The van der Waals surface area contributed by atoms with Gasteiger partial charge in [-0.25, -0.2) is 8.42 Å². The molecule has 0 radical (unpaired) electrons. The first-order valence-corrected chi connectivity index (χ1v) is 10.6. The number of anilines is 1. The largest absolute Gasteiger partial charge is 0.456 e. The highest BCUT2D eigenvalue weighted by atomic mass is 35.5. The van der Waals surface area contributed by atoms with Gasteiger partial charge in [0.05, 0.1) is 10.6 Å². The van der Waals surface area contributed by atoms with Gasteiger partial charge in [0.2, 0.25) is 15.9 Å². The summed E-state index contributed by atoms with van der Waals surface area (Å²) in [5.74, 6) is -2.04. The van der Waals surface area contributed by atoms with Gasteiger partial charge in [0.25, 0.3) is 0 Å². The van der Waals surface area contributed by atoms with Gasteiger partial charge in [-0.2, -0.15) is 17.9 Å². The Morgan fingerprint density at radius 2 is 1.69 bits per heavy atom. The van der Waals surface area contributed by atoms with Gasteiger partial charge in [-0.05, 0) is 42.5 Å². The van der Waals surface area contributed by atoms with Crippen molar-refractivity contribution in [3.05, 3.63) is 58.6 Å². The lowest BCUT2D eigenvalue weighted by molar-refractivity contribution is -0.141. The number of ketones is 1. The van der Waals surface area contributed by atoms with Gasteiger partial charge in [0.15, 0.2) is 12.4 Å². The van der Waals surface area contributed by atoms with E-state index in [0.29, 0.717) is 17.8 Å². The fourth-order valence-electron chi connectivity index (χ4n) is 2.34. The molecule has 0 unspecified atom stereocenters. The van der Waals surface area contributed by atoms with Crippen LogP contribution < -0.4 is 10.0 Å². The summed E-state index contributed by atoms with van der Waals surface area (Å²) in [5, 5.41) is 2.03. The first-order valence-electron chi connectivity index (χ1n) is 8.72. The number of ether oxygens (including phenoxy) is 1. The zero-order chi connectivity index (χ0) is 24.1. The summed E-state index contributed by atoms with van der Waals surface area (Å²) in [7, 11) is -4.58. The number of hydrogen-bond donors (Lipinski definition) is 2. The van der Waals surface area contributed by atoms with Crippen LogP contribution in [0.25, 0.3) is 0 Å². The van der Waals surface area contributed by atoms with E-state index in [-0.39, 0.29) is 11.5 Å². The molecule has 0 saturated carbocycles. The van der Waals surface area contributed by atoms with Crippen LogP contribution in [-0.2, 0) is 30.5 Å². The summed E-state index contributed by atoms with van der Waals surface area (Å²) in [6.45, 7) is -0.332. The Labute approximate surface area is 185 Å². The van der Waals surface area contributed by atoms with E-state index in [0.717, 1.165) is 6.07 Å². The average molecular weight is 493 g/mol. The molecule has 0 saturated heterocycles. The van der Waals surface area contributed by atoms with Gasteiger partial charge in [-0.15, -0.1) is 0 Å². The molecule has 32 heavy (non-hydrogen) atoms. The van der Waals surface area contributed by atoms with Crippen molar-refractivity contribution >= 4 is 45.0 Å². The van der Waals surface area contributed by atoms with Crippen LogP contribution in [0.4, 0.5) is 18.9 Å². The normalized spacial score (nSPS) is 11.7. The van der Waals surface area contributed by atoms with Crippen LogP contribution in [0.15, 0.2) is 47.4 Å². The van der Waals surface area contributed by atoms with E-state index in [1.165, 1.54) is 31.2 Å². The number of rotatable bonds is 8. The maximum Gasteiger partial charge on any atom is 0.416 e. The predicted octanol–water partition coefficient (Wildman–Crippen LogP) is 3.02. The van der Waals surface area contributed by atoms with Crippen LogP contribution in [0.3, 0.4) is 0 Å². The minimum atomic E-state index is -4.80. The number of carbonyl (C=O) groups excluding carboxylic acids is 3. The van der Waals surface area contributed by atoms with Crippen LogP contribution in [0.2, 0.25) is 5.02 Å². The number of sulfonamides is 1. The first kappa shape index (κ1) is 25.3. The van der Waals surface area contributed by atoms with E-state index in [9.17, 15) is 36.0 Å². The lowest BCUT2D eigenvalue weighted by Crippen LogP contribution is -2.32. The molecule has 2 rings (SSSR count). The van der Waals surface area contributed by atoms with Crippen molar-refractivity contribution < 1.29 is 40.7 Å². The number of alkyl halides is 3. The molecule has 172 valence electrons. The van der Waals surface area contributed by atoms with Crippen molar-refractivity contribution in [2.45, 2.75) is 18.0 Å². The highest BCUT2D eigenvalue weighted by Crippen LogP contribution is 2.33. The van der Waals surface area contributed by atoms with Crippen molar-refractivity contribution in [3.63, 3.8) is 0 Å². The van der Waals surface area contributed by atoms with E-state index in [1.807, 2.05) is 0 Å². The number of hydrogen-bond acceptors (Lipinski definition) is 6. The molecule has 0 atom stereocenters. The van der Waals surface area contributed by atoms with E-state index in [2.05, 4.69) is 5.32 Å². The Balaban J connectivity index is 1.95. The van der Waals surface area contributed by atoms with Crippen molar-refractivity contribution in [2.75, 3.05) is 18.5 Å². The minimum absolute atomic E-state index is 0.170. The number of carbonyl (C=O) groups is 3. The van der Waals surface area contributed by atoms with E-state index in [1.54, 1.807) is 4.72 Å². The van der Waals surface area contributed by atoms with E-state index < -0.39 is 56.6 Å². The Bertz CT molecular complexity index is 1130. The molecular weight excluding hydrogens is 477 g/mol. The van der Waals surface area contributed by atoms with Crippen LogP contribution in [0.1, 0.15) is 22.8 Å². The topological polar surface area (TPSA) is 119 Å². The summed E-state index contributed by atoms with van der Waals surface area (Å²) in [6, 6.07) is 7.42. The molecule has 13 heteroatoms. The summed E-state index contributed by atoms with van der Waals surface area (Å²) < 4.78 is 69.4. The zero-order valence-electron chi connectivity index (χ0n) is 16.3. The van der Waals surface area contributed by atoms with Gasteiger partial charge < -0.3 is 10.1 Å². The predicted molar refractivity (Wildman–Crippen MR) is 108 cm³/mol. The number of amides is 1. The Kier molecular flexibility index (Phi) is 7.99. The van der Waals surface area contributed by atoms with Gasteiger partial charge in [-0.3, -0.25) is 14.4 Å². The van der Waals surface area contributed by atoms with Gasteiger partial charge in [0, 0.05) is 18.2 Å². The van der Waals surface area contributed by atoms with Crippen molar-refractivity contribution in [2.24, 2.45) is 0 Å². The smallest absolute Gasteiger partial charge is 0.416 e. The van der Waals surface area contributed by atoms with Crippen LogP contribution >= 0.6 is 11.6 Å². The highest BCUT2D eigenvalue weighted by Gasteiger charge is 2.32. The summed E-state index contributed by atoms with van der Waals surface area (Å²) >= 11 is 5.69. The fraction of sp³-hybridized carbons (Fsp3) is 0.211. The molecular formula is C19H16ClF3N2O6S. The Morgan fingerprint density at radius 1 is 1.06 bits per heavy atom. The summed E-state index contributed by atoms with van der Waals surface area (Å²) in [4.78, 5) is 33.9. The standard InChI is InChI=1S/C19H16ClF3N2O6S/c1-11(26)25-14-5-2-12(3-6-14)16(27)10-31-18(28)9-24-32(29,30)17-8-13(19(21,22)23)4-7-15(17)20/h2-8,24H,9-10H2,1H3,(H,25,26). The van der Waals surface area contributed by atoms with Crippen LogP contribution in [0, 0.1) is 0 Å². The molecule has 0 aliphatic rings. The number of halogens is 4. The van der Waals surface area contributed by atoms with Crippen molar-refractivity contribution in [1.29, 1.82) is 0 Å². The average Bonchev–Trinajstić information content (AvgIpc) is 2.70. The second kappa shape index (κ2) is 10.1. The maximum atomic E-state index is 12.8. The third-order valence-corrected chi connectivity index (χ3v) is 5.73. The van der Waals surface area contributed by atoms with Gasteiger partial charge in [0.1, 0.15) is 11.4 Å². The van der Waals surface area contributed by atoms with E-state index in [4.69, 9.17) is 16.3 Å². The number of nitrogens with one attached hydrogen (secondary N) is 2. The summed E-state index contributed by atoms with van der Waals surface area (Å²) in [5.41, 5.74) is -0.614. The first-order chi connectivity index (χ1) is 14.8. The molecule has 0 fully saturated rings. The number of esters is 1. The molecule has 0 bridgehead atoms. The maximum absolute atomic E-state index is 12.8.